The van der Waals surface area contributed by atoms with Crippen molar-refractivity contribution in [2.45, 2.75) is 12.7 Å². The van der Waals surface area contributed by atoms with Crippen LogP contribution in [0.3, 0.4) is 0 Å². The number of pyridine rings is 1. The van der Waals surface area contributed by atoms with E-state index in [0.29, 0.717) is 5.02 Å². The largest absolute Gasteiger partial charge is 0.496 e. The van der Waals surface area contributed by atoms with Crippen molar-refractivity contribution in [3.05, 3.63) is 82.5 Å². The van der Waals surface area contributed by atoms with Crippen molar-refractivity contribution in [3.63, 3.8) is 0 Å². The van der Waals surface area contributed by atoms with Gasteiger partial charge in [-0.05, 0) is 35.9 Å². The Bertz CT molecular complexity index is 1150. The number of imide groups is 1. The van der Waals surface area contributed by atoms with Gasteiger partial charge in [-0.15, -0.1) is 0 Å². The molecule has 3 rings (SSSR count). The van der Waals surface area contributed by atoms with E-state index in [9.17, 15) is 22.8 Å². The van der Waals surface area contributed by atoms with Gasteiger partial charge in [-0.25, -0.2) is 9.78 Å². The fraction of sp³-hybridized carbons (Fsp3) is 0.136. The van der Waals surface area contributed by atoms with Crippen LogP contribution >= 0.6 is 11.6 Å². The maximum absolute atomic E-state index is 12.9. The van der Waals surface area contributed by atoms with Gasteiger partial charge in [-0.2, -0.15) is 13.2 Å². The molecular formula is C22H17ClF3N3O4. The molecule has 3 amide bonds. The summed E-state index contributed by atoms with van der Waals surface area (Å²) in [6, 6.07) is 12.7. The predicted molar refractivity (Wildman–Crippen MR) is 113 cm³/mol. The highest BCUT2D eigenvalue weighted by Crippen LogP contribution is 2.33. The second-order valence-corrected chi connectivity index (χ2v) is 7.06. The van der Waals surface area contributed by atoms with Crippen molar-refractivity contribution in [1.82, 2.24) is 15.6 Å². The molecule has 0 aliphatic rings. The number of hydrogen-bond acceptors (Lipinski definition) is 5. The topological polar surface area (TPSA) is 89.6 Å². The van der Waals surface area contributed by atoms with Gasteiger partial charge < -0.3 is 14.8 Å². The van der Waals surface area contributed by atoms with Gasteiger partial charge in [-0.3, -0.25) is 10.1 Å². The minimum atomic E-state index is -4.55. The Balaban J connectivity index is 1.70. The van der Waals surface area contributed by atoms with Gasteiger partial charge in [0, 0.05) is 23.7 Å². The highest BCUT2D eigenvalue weighted by molar-refractivity contribution is 6.30. The average Bonchev–Trinajstić information content (AvgIpc) is 2.78. The summed E-state index contributed by atoms with van der Waals surface area (Å²) in [5.74, 6) is -1.05. The molecule has 0 atom stereocenters. The number of carbonyl (C=O) groups excluding carboxylic acids is 2. The first-order valence-corrected chi connectivity index (χ1v) is 9.76. The molecule has 1 heterocycles. The summed E-state index contributed by atoms with van der Waals surface area (Å²) in [6.45, 7) is 0.145. The normalized spacial score (nSPS) is 10.9. The minimum absolute atomic E-state index is 0.141. The summed E-state index contributed by atoms with van der Waals surface area (Å²) < 4.78 is 49.2. The van der Waals surface area contributed by atoms with Crippen LogP contribution in [-0.2, 0) is 12.7 Å². The first-order valence-electron chi connectivity index (χ1n) is 9.39. The first kappa shape index (κ1) is 23.9. The van der Waals surface area contributed by atoms with E-state index in [4.69, 9.17) is 21.1 Å². The Kier molecular flexibility index (Phi) is 7.39. The van der Waals surface area contributed by atoms with Crippen LogP contribution in [-0.4, -0.2) is 24.0 Å². The molecule has 172 valence electrons. The lowest BCUT2D eigenvalue weighted by molar-refractivity contribution is -0.137. The molecule has 0 radical (unpaired) electrons. The lowest BCUT2D eigenvalue weighted by Gasteiger charge is -2.12. The van der Waals surface area contributed by atoms with Crippen molar-refractivity contribution < 1.29 is 32.2 Å². The molecule has 0 aliphatic heterocycles. The lowest BCUT2D eigenvalue weighted by atomic mass is 10.2. The Morgan fingerprint density at radius 2 is 1.76 bits per heavy atom. The SMILES string of the molecule is COc1cc(Oc2cccc(C(F)(F)F)c2)nc(C(=O)NC(=O)NCc2ccc(Cl)cc2)c1. The summed E-state index contributed by atoms with van der Waals surface area (Å²) in [4.78, 5) is 28.5. The van der Waals surface area contributed by atoms with E-state index in [0.717, 1.165) is 17.7 Å². The summed E-state index contributed by atoms with van der Waals surface area (Å²) >= 11 is 5.81. The number of urea groups is 1. The fourth-order valence-electron chi connectivity index (χ4n) is 2.62. The second-order valence-electron chi connectivity index (χ2n) is 6.62. The Morgan fingerprint density at radius 1 is 1.03 bits per heavy atom. The highest BCUT2D eigenvalue weighted by Gasteiger charge is 2.30. The van der Waals surface area contributed by atoms with Crippen molar-refractivity contribution in [3.8, 4) is 17.4 Å². The van der Waals surface area contributed by atoms with Gasteiger partial charge in [-0.1, -0.05) is 29.8 Å². The van der Waals surface area contributed by atoms with E-state index in [1.54, 1.807) is 24.3 Å². The van der Waals surface area contributed by atoms with Crippen LogP contribution in [0.4, 0.5) is 18.0 Å². The number of alkyl halides is 3. The molecule has 0 spiro atoms. The monoisotopic (exact) mass is 479 g/mol. The summed E-state index contributed by atoms with van der Waals surface area (Å²) in [5.41, 5.74) is -0.380. The maximum atomic E-state index is 12.9. The number of amides is 3. The fourth-order valence-corrected chi connectivity index (χ4v) is 2.75. The van der Waals surface area contributed by atoms with Crippen LogP contribution in [0, 0.1) is 0 Å². The predicted octanol–water partition coefficient (Wildman–Crippen LogP) is 5.19. The number of benzene rings is 2. The third-order valence-electron chi connectivity index (χ3n) is 4.22. The van der Waals surface area contributed by atoms with Gasteiger partial charge in [0.25, 0.3) is 5.91 Å². The molecular weight excluding hydrogens is 463 g/mol. The van der Waals surface area contributed by atoms with Crippen LogP contribution in [0.15, 0.2) is 60.7 Å². The van der Waals surface area contributed by atoms with Crippen molar-refractivity contribution in [2.24, 2.45) is 0 Å². The van der Waals surface area contributed by atoms with Gasteiger partial charge >= 0.3 is 12.2 Å². The highest BCUT2D eigenvalue weighted by atomic mass is 35.5. The Labute approximate surface area is 191 Å². The molecule has 2 aromatic carbocycles. The standard InChI is InChI=1S/C22H17ClF3N3O4/c1-32-17-10-18(20(30)29-21(31)27-12-13-5-7-15(23)8-6-13)28-19(11-17)33-16-4-2-3-14(9-16)22(24,25)26/h2-11H,12H2,1H3,(H2,27,29,30,31). The van der Waals surface area contributed by atoms with Gasteiger partial charge in [0.05, 0.1) is 12.7 Å². The Morgan fingerprint density at radius 3 is 2.42 bits per heavy atom. The summed E-state index contributed by atoms with van der Waals surface area (Å²) in [6.07, 6.45) is -4.55. The zero-order valence-electron chi connectivity index (χ0n) is 17.1. The number of halogens is 4. The van der Waals surface area contributed by atoms with Crippen LogP contribution in [0.5, 0.6) is 17.4 Å². The zero-order chi connectivity index (χ0) is 24.0. The molecule has 2 N–H and O–H groups in total. The number of nitrogens with one attached hydrogen (secondary N) is 2. The molecule has 11 heteroatoms. The lowest BCUT2D eigenvalue weighted by Crippen LogP contribution is -2.39. The molecule has 0 saturated heterocycles. The quantitative estimate of drug-likeness (QED) is 0.507. The zero-order valence-corrected chi connectivity index (χ0v) is 17.8. The van der Waals surface area contributed by atoms with Gasteiger partial charge in [0.2, 0.25) is 5.88 Å². The van der Waals surface area contributed by atoms with E-state index in [1.807, 2.05) is 0 Å². The smallest absolute Gasteiger partial charge is 0.416 e. The van der Waals surface area contributed by atoms with E-state index in [-0.39, 0.29) is 29.6 Å². The number of nitrogens with zero attached hydrogens (tertiary/aromatic N) is 1. The molecule has 33 heavy (non-hydrogen) atoms. The number of rotatable bonds is 6. The summed E-state index contributed by atoms with van der Waals surface area (Å²) in [7, 11) is 1.32. The third-order valence-corrected chi connectivity index (χ3v) is 4.47. The van der Waals surface area contributed by atoms with E-state index in [1.165, 1.54) is 31.4 Å². The molecule has 0 saturated carbocycles. The van der Waals surface area contributed by atoms with Crippen LogP contribution in [0.25, 0.3) is 0 Å². The number of aromatic nitrogens is 1. The molecule has 3 aromatic rings. The van der Waals surface area contributed by atoms with Crippen LogP contribution in [0.2, 0.25) is 5.02 Å². The molecule has 0 fully saturated rings. The minimum Gasteiger partial charge on any atom is -0.496 e. The maximum Gasteiger partial charge on any atom is 0.416 e. The number of ether oxygens (including phenoxy) is 2. The molecule has 0 unspecified atom stereocenters. The first-order chi connectivity index (χ1) is 15.6. The van der Waals surface area contributed by atoms with Crippen LogP contribution < -0.4 is 20.1 Å². The number of hydrogen-bond donors (Lipinski definition) is 2. The third kappa shape index (κ3) is 6.84. The molecule has 7 nitrogen and oxygen atoms in total. The Hall–Kier alpha value is -3.79. The van der Waals surface area contributed by atoms with Crippen molar-refractivity contribution >= 4 is 23.5 Å². The average molecular weight is 480 g/mol. The van der Waals surface area contributed by atoms with Crippen molar-refractivity contribution in [1.29, 1.82) is 0 Å². The summed E-state index contributed by atoms with van der Waals surface area (Å²) in [5, 5.41) is 5.17. The van der Waals surface area contributed by atoms with E-state index in [2.05, 4.69) is 15.6 Å². The number of methoxy groups -OCH3 is 1. The van der Waals surface area contributed by atoms with Gasteiger partial charge in [0.15, 0.2) is 0 Å². The van der Waals surface area contributed by atoms with Crippen molar-refractivity contribution in [2.75, 3.05) is 7.11 Å². The second kappa shape index (κ2) is 10.2. The van der Waals surface area contributed by atoms with E-state index < -0.39 is 23.7 Å². The van der Waals surface area contributed by atoms with E-state index >= 15 is 0 Å². The molecule has 0 bridgehead atoms. The molecule has 1 aromatic heterocycles. The van der Waals surface area contributed by atoms with Gasteiger partial charge in [0.1, 0.15) is 17.2 Å². The van der Waals surface area contributed by atoms with Crippen LogP contribution in [0.1, 0.15) is 21.6 Å². The number of carbonyl (C=O) groups is 2. The molecule has 0 aliphatic carbocycles.